The van der Waals surface area contributed by atoms with Gasteiger partial charge in [0, 0.05) is 49.5 Å². The zero-order chi connectivity index (χ0) is 16.1. The Hall–Kier alpha value is -2.03. The highest BCUT2D eigenvalue weighted by Gasteiger charge is 2.15. The molecule has 3 heteroatoms. The minimum absolute atomic E-state index is 0.760. The van der Waals surface area contributed by atoms with E-state index in [0.29, 0.717) is 0 Å². The number of rotatable bonds is 7. The maximum Gasteiger partial charge on any atom is 0.150 e. The van der Waals surface area contributed by atoms with E-state index in [1.165, 1.54) is 11.1 Å². The highest BCUT2D eigenvalue weighted by Crippen LogP contribution is 2.36. The molecule has 2 rings (SSSR count). The van der Waals surface area contributed by atoms with Crippen molar-refractivity contribution < 1.29 is 4.79 Å². The van der Waals surface area contributed by atoms with E-state index in [2.05, 4.69) is 49.9 Å². The molecule has 2 aromatic rings. The number of carbonyl (C=O) groups excluding carboxylic acids is 1. The third-order valence-electron chi connectivity index (χ3n) is 3.97. The van der Waals surface area contributed by atoms with Crippen LogP contribution >= 0.6 is 0 Å². The number of hydrogen-bond acceptors (Lipinski definition) is 3. The van der Waals surface area contributed by atoms with Gasteiger partial charge in [-0.1, -0.05) is 26.0 Å². The minimum atomic E-state index is 0.760. The van der Waals surface area contributed by atoms with Crippen molar-refractivity contribution >= 4 is 28.4 Å². The summed E-state index contributed by atoms with van der Waals surface area (Å²) in [5, 5.41) is 2.22. The van der Waals surface area contributed by atoms with Gasteiger partial charge in [-0.25, -0.2) is 0 Å². The summed E-state index contributed by atoms with van der Waals surface area (Å²) in [5.74, 6) is 0. The average Bonchev–Trinajstić information content (AvgIpc) is 2.52. The summed E-state index contributed by atoms with van der Waals surface area (Å²) in [5.41, 5.74) is 3.15. The third-order valence-corrected chi connectivity index (χ3v) is 3.97. The van der Waals surface area contributed by atoms with Crippen molar-refractivity contribution in [3.63, 3.8) is 0 Å². The Kier molecular flexibility index (Phi) is 5.42. The summed E-state index contributed by atoms with van der Waals surface area (Å²) in [6.45, 7) is 6.48. The number of benzene rings is 2. The Morgan fingerprint density at radius 3 is 2.18 bits per heavy atom. The van der Waals surface area contributed by atoms with Crippen molar-refractivity contribution in [2.24, 2.45) is 0 Å². The molecule has 0 fully saturated rings. The summed E-state index contributed by atoms with van der Waals surface area (Å²) in [6, 6.07) is 10.2. The standard InChI is InChI=1S/C19H26N2O/c1-5-12-21(13-6-2)18-9-7-8-16-15(14-22)10-11-17(19(16)18)20(3)4/h7-11,14H,5-6,12-13H2,1-4H3. The van der Waals surface area contributed by atoms with Gasteiger partial charge < -0.3 is 9.80 Å². The highest BCUT2D eigenvalue weighted by atomic mass is 16.1. The van der Waals surface area contributed by atoms with Crippen LogP contribution in [0.2, 0.25) is 0 Å². The van der Waals surface area contributed by atoms with Gasteiger partial charge in [0.1, 0.15) is 0 Å². The molecule has 0 aliphatic rings. The van der Waals surface area contributed by atoms with E-state index < -0.39 is 0 Å². The van der Waals surface area contributed by atoms with Crippen LogP contribution in [0.5, 0.6) is 0 Å². The van der Waals surface area contributed by atoms with Crippen molar-refractivity contribution in [1.29, 1.82) is 0 Å². The molecule has 0 unspecified atom stereocenters. The molecule has 3 nitrogen and oxygen atoms in total. The van der Waals surface area contributed by atoms with Crippen molar-refractivity contribution in [3.8, 4) is 0 Å². The first-order chi connectivity index (χ1) is 10.6. The molecule has 0 radical (unpaired) electrons. The molecule has 0 bridgehead atoms. The summed E-state index contributed by atoms with van der Waals surface area (Å²) in [4.78, 5) is 16.0. The van der Waals surface area contributed by atoms with Crippen LogP contribution in [0.4, 0.5) is 11.4 Å². The lowest BCUT2D eigenvalue weighted by molar-refractivity contribution is 0.112. The van der Waals surface area contributed by atoms with E-state index in [9.17, 15) is 4.79 Å². The van der Waals surface area contributed by atoms with Crippen molar-refractivity contribution in [3.05, 3.63) is 35.9 Å². The van der Waals surface area contributed by atoms with Gasteiger partial charge in [0.25, 0.3) is 0 Å². The Morgan fingerprint density at radius 1 is 0.955 bits per heavy atom. The van der Waals surface area contributed by atoms with Gasteiger partial charge in [-0.3, -0.25) is 4.79 Å². The maximum absolute atomic E-state index is 11.4. The first-order valence-corrected chi connectivity index (χ1v) is 8.07. The van der Waals surface area contributed by atoms with E-state index in [1.807, 2.05) is 18.2 Å². The Labute approximate surface area is 133 Å². The second kappa shape index (κ2) is 7.30. The summed E-state index contributed by atoms with van der Waals surface area (Å²) >= 11 is 0. The van der Waals surface area contributed by atoms with E-state index in [1.54, 1.807) is 0 Å². The first-order valence-electron chi connectivity index (χ1n) is 8.07. The molecule has 0 aliphatic carbocycles. The van der Waals surface area contributed by atoms with E-state index in [0.717, 1.165) is 48.9 Å². The molecule has 0 atom stereocenters. The van der Waals surface area contributed by atoms with Crippen LogP contribution in [0.1, 0.15) is 37.0 Å². The van der Waals surface area contributed by atoms with Gasteiger partial charge in [0.15, 0.2) is 6.29 Å². The Balaban J connectivity index is 2.75. The quantitative estimate of drug-likeness (QED) is 0.710. The Morgan fingerprint density at radius 2 is 1.64 bits per heavy atom. The molecule has 22 heavy (non-hydrogen) atoms. The summed E-state index contributed by atoms with van der Waals surface area (Å²) in [7, 11) is 4.10. The van der Waals surface area contributed by atoms with Gasteiger partial charge in [-0.15, -0.1) is 0 Å². The van der Waals surface area contributed by atoms with E-state index in [-0.39, 0.29) is 0 Å². The molecular weight excluding hydrogens is 272 g/mol. The van der Waals surface area contributed by atoms with Crippen LogP contribution < -0.4 is 9.80 Å². The molecular formula is C19H26N2O. The largest absolute Gasteiger partial charge is 0.377 e. The van der Waals surface area contributed by atoms with Crippen LogP contribution in [-0.2, 0) is 0 Å². The lowest BCUT2D eigenvalue weighted by Gasteiger charge is -2.28. The second-order valence-electron chi connectivity index (χ2n) is 5.87. The van der Waals surface area contributed by atoms with Gasteiger partial charge in [-0.2, -0.15) is 0 Å². The second-order valence-corrected chi connectivity index (χ2v) is 5.87. The van der Waals surface area contributed by atoms with Gasteiger partial charge >= 0.3 is 0 Å². The van der Waals surface area contributed by atoms with Gasteiger partial charge in [-0.05, 0) is 36.4 Å². The summed E-state index contributed by atoms with van der Waals surface area (Å²) < 4.78 is 0. The SMILES string of the molecule is CCCN(CCC)c1cccc2c(C=O)ccc(N(C)C)c12. The first kappa shape index (κ1) is 16.3. The fourth-order valence-electron chi connectivity index (χ4n) is 3.02. The molecule has 0 heterocycles. The predicted octanol–water partition coefficient (Wildman–Crippen LogP) is 4.34. The van der Waals surface area contributed by atoms with E-state index >= 15 is 0 Å². The monoisotopic (exact) mass is 298 g/mol. The Bertz CT molecular complexity index is 643. The lowest BCUT2D eigenvalue weighted by Crippen LogP contribution is -2.25. The van der Waals surface area contributed by atoms with Gasteiger partial charge in [0.05, 0.1) is 0 Å². The molecule has 0 amide bonds. The van der Waals surface area contributed by atoms with Crippen LogP contribution in [-0.4, -0.2) is 33.5 Å². The molecule has 0 saturated heterocycles. The van der Waals surface area contributed by atoms with Crippen molar-refractivity contribution in [2.45, 2.75) is 26.7 Å². The van der Waals surface area contributed by atoms with Crippen molar-refractivity contribution in [1.82, 2.24) is 0 Å². The topological polar surface area (TPSA) is 23.6 Å². The molecule has 0 aliphatic heterocycles. The van der Waals surface area contributed by atoms with E-state index in [4.69, 9.17) is 0 Å². The molecule has 0 saturated carbocycles. The number of hydrogen-bond donors (Lipinski definition) is 0. The third kappa shape index (κ3) is 3.08. The zero-order valence-corrected chi connectivity index (χ0v) is 14.1. The number of fused-ring (bicyclic) bond motifs is 1. The molecule has 118 valence electrons. The number of anilines is 2. The van der Waals surface area contributed by atoms with Crippen LogP contribution in [0.25, 0.3) is 10.8 Å². The summed E-state index contributed by atoms with van der Waals surface area (Å²) in [6.07, 6.45) is 3.18. The normalized spacial score (nSPS) is 10.7. The number of nitrogens with zero attached hydrogens (tertiary/aromatic N) is 2. The predicted molar refractivity (Wildman–Crippen MR) is 96.5 cm³/mol. The van der Waals surface area contributed by atoms with Crippen LogP contribution in [0, 0.1) is 0 Å². The van der Waals surface area contributed by atoms with Gasteiger partial charge in [0.2, 0.25) is 0 Å². The molecule has 0 spiro atoms. The van der Waals surface area contributed by atoms with Crippen LogP contribution in [0.3, 0.4) is 0 Å². The van der Waals surface area contributed by atoms with Crippen molar-refractivity contribution in [2.75, 3.05) is 37.0 Å². The minimum Gasteiger partial charge on any atom is -0.377 e. The molecule has 0 aromatic heterocycles. The molecule has 2 aromatic carbocycles. The maximum atomic E-state index is 11.4. The lowest BCUT2D eigenvalue weighted by atomic mass is 10.0. The smallest absolute Gasteiger partial charge is 0.150 e. The number of aldehydes is 1. The molecule has 0 N–H and O–H groups in total. The zero-order valence-electron chi connectivity index (χ0n) is 14.1. The fraction of sp³-hybridized carbons (Fsp3) is 0.421. The number of carbonyl (C=O) groups is 1. The van der Waals surface area contributed by atoms with Crippen LogP contribution in [0.15, 0.2) is 30.3 Å². The average molecular weight is 298 g/mol. The highest BCUT2D eigenvalue weighted by molar-refractivity contribution is 6.10. The fourth-order valence-corrected chi connectivity index (χ4v) is 3.02.